The predicted octanol–water partition coefficient (Wildman–Crippen LogP) is 0.256. The number of rotatable bonds is 2. The van der Waals surface area contributed by atoms with Gasteiger partial charge in [0.1, 0.15) is 11.1 Å². The van der Waals surface area contributed by atoms with E-state index in [-0.39, 0.29) is 5.91 Å². The number of aliphatic carboxylic acids is 1. The topological polar surface area (TPSA) is 89.9 Å². The third-order valence-electron chi connectivity index (χ3n) is 4.41. The summed E-state index contributed by atoms with van der Waals surface area (Å²) in [6.45, 7) is 4.21. The molecule has 7 nitrogen and oxygen atoms in total. The Bertz CT molecular complexity index is 457. The molecule has 2 aliphatic rings. The van der Waals surface area contributed by atoms with Crippen LogP contribution in [0.25, 0.3) is 0 Å². The molecule has 0 aromatic rings. The molecule has 0 atom stereocenters. The van der Waals surface area contributed by atoms with Crippen LogP contribution in [0.1, 0.15) is 33.1 Å². The lowest BCUT2D eigenvalue weighted by Crippen LogP contribution is -2.69. The van der Waals surface area contributed by atoms with E-state index in [0.29, 0.717) is 25.9 Å². The van der Waals surface area contributed by atoms with E-state index < -0.39 is 23.1 Å². The van der Waals surface area contributed by atoms with E-state index in [2.05, 4.69) is 5.32 Å². The summed E-state index contributed by atoms with van der Waals surface area (Å²) >= 11 is 0. The van der Waals surface area contributed by atoms with Crippen LogP contribution in [-0.2, 0) is 9.59 Å². The first-order chi connectivity index (χ1) is 9.20. The number of amides is 3. The molecule has 0 bridgehead atoms. The van der Waals surface area contributed by atoms with Crippen molar-refractivity contribution in [3.63, 3.8) is 0 Å². The molecule has 1 aliphatic heterocycles. The molecule has 1 aliphatic carbocycles. The van der Waals surface area contributed by atoms with Gasteiger partial charge in [0, 0.05) is 20.1 Å². The molecule has 0 aromatic carbocycles. The van der Waals surface area contributed by atoms with Crippen LogP contribution in [0.2, 0.25) is 0 Å². The van der Waals surface area contributed by atoms with Crippen LogP contribution in [0.5, 0.6) is 0 Å². The van der Waals surface area contributed by atoms with E-state index in [1.54, 1.807) is 25.8 Å². The first-order valence-electron chi connectivity index (χ1n) is 6.79. The summed E-state index contributed by atoms with van der Waals surface area (Å²) in [5, 5.41) is 11.9. The zero-order chi connectivity index (χ0) is 15.1. The first-order valence-corrected chi connectivity index (χ1v) is 6.79. The molecule has 0 spiro atoms. The van der Waals surface area contributed by atoms with E-state index in [4.69, 9.17) is 0 Å². The van der Waals surface area contributed by atoms with Crippen LogP contribution in [0.15, 0.2) is 0 Å². The lowest BCUT2D eigenvalue weighted by Gasteiger charge is -2.47. The Kier molecular flexibility index (Phi) is 3.39. The van der Waals surface area contributed by atoms with Gasteiger partial charge in [-0.2, -0.15) is 0 Å². The highest BCUT2D eigenvalue weighted by Crippen LogP contribution is 2.33. The summed E-state index contributed by atoms with van der Waals surface area (Å²) in [7, 11) is 1.70. The summed E-state index contributed by atoms with van der Waals surface area (Å²) in [5.41, 5.74) is -2.11. The molecule has 0 aromatic heterocycles. The number of nitrogens with zero attached hydrogens (tertiary/aromatic N) is 2. The maximum atomic E-state index is 12.4. The van der Waals surface area contributed by atoms with Crippen molar-refractivity contribution in [2.24, 2.45) is 0 Å². The largest absolute Gasteiger partial charge is 0.480 e. The summed E-state index contributed by atoms with van der Waals surface area (Å²) in [6.07, 6.45) is 1.67. The van der Waals surface area contributed by atoms with Crippen molar-refractivity contribution in [3.05, 3.63) is 0 Å². The lowest BCUT2D eigenvalue weighted by atomic mass is 9.77. The van der Waals surface area contributed by atoms with Crippen molar-refractivity contribution in [2.75, 3.05) is 20.1 Å². The van der Waals surface area contributed by atoms with Crippen LogP contribution in [-0.4, -0.2) is 64.0 Å². The number of piperazine rings is 1. The molecule has 1 saturated carbocycles. The maximum absolute atomic E-state index is 12.4. The number of carbonyl (C=O) groups excluding carboxylic acids is 2. The Labute approximate surface area is 117 Å². The van der Waals surface area contributed by atoms with Crippen molar-refractivity contribution in [1.29, 1.82) is 0 Å². The van der Waals surface area contributed by atoms with Crippen molar-refractivity contribution in [2.45, 2.75) is 44.2 Å². The van der Waals surface area contributed by atoms with Gasteiger partial charge in [0.15, 0.2) is 0 Å². The number of likely N-dealkylation sites (N-methyl/N-ethyl adjacent to an activating group) is 1. The number of carbonyl (C=O) groups is 3. The average Bonchev–Trinajstić information content (AvgIpc) is 2.30. The fourth-order valence-corrected chi connectivity index (χ4v) is 2.76. The molecular formula is C13H21N3O4. The normalized spacial score (nSPS) is 24.1. The number of hydrogen-bond donors (Lipinski definition) is 2. The van der Waals surface area contributed by atoms with Gasteiger partial charge >= 0.3 is 12.0 Å². The zero-order valence-corrected chi connectivity index (χ0v) is 12.1. The average molecular weight is 283 g/mol. The fourth-order valence-electron chi connectivity index (χ4n) is 2.76. The molecule has 2 N–H and O–H groups in total. The quantitative estimate of drug-likeness (QED) is 0.760. The number of carboxylic acids is 1. The van der Waals surface area contributed by atoms with E-state index in [9.17, 15) is 19.5 Å². The van der Waals surface area contributed by atoms with E-state index >= 15 is 0 Å². The van der Waals surface area contributed by atoms with Crippen LogP contribution in [0, 0.1) is 0 Å². The second kappa shape index (κ2) is 4.64. The minimum absolute atomic E-state index is 0.142. The second-order valence-electron chi connectivity index (χ2n) is 6.11. The molecule has 3 amide bonds. The Balaban J connectivity index is 2.13. The maximum Gasteiger partial charge on any atom is 0.329 e. The van der Waals surface area contributed by atoms with Crippen LogP contribution in [0.4, 0.5) is 4.79 Å². The summed E-state index contributed by atoms with van der Waals surface area (Å²) in [4.78, 5) is 38.8. The number of urea groups is 1. The molecule has 2 fully saturated rings. The van der Waals surface area contributed by atoms with Gasteiger partial charge in [-0.1, -0.05) is 0 Å². The Morgan fingerprint density at radius 2 is 1.85 bits per heavy atom. The predicted molar refractivity (Wildman–Crippen MR) is 71.2 cm³/mol. The van der Waals surface area contributed by atoms with Crippen LogP contribution in [0.3, 0.4) is 0 Å². The Hall–Kier alpha value is -1.79. The van der Waals surface area contributed by atoms with E-state index in [0.717, 1.165) is 6.42 Å². The van der Waals surface area contributed by atoms with Gasteiger partial charge in [-0.3, -0.25) is 4.79 Å². The van der Waals surface area contributed by atoms with Crippen molar-refractivity contribution >= 4 is 17.9 Å². The van der Waals surface area contributed by atoms with Crippen molar-refractivity contribution < 1.29 is 19.5 Å². The molecule has 20 heavy (non-hydrogen) atoms. The smallest absolute Gasteiger partial charge is 0.329 e. The molecule has 112 valence electrons. The standard InChI is InChI=1S/C13H21N3O4/c1-12(2)9(17)15(3)7-8-16(12)11(20)14-13(10(18)19)5-4-6-13/h4-8H2,1-3H3,(H,14,20)(H,18,19). The van der Waals surface area contributed by atoms with Crippen LogP contribution >= 0.6 is 0 Å². The van der Waals surface area contributed by atoms with Gasteiger partial charge < -0.3 is 20.2 Å². The highest BCUT2D eigenvalue weighted by Gasteiger charge is 2.49. The summed E-state index contributed by atoms with van der Waals surface area (Å²) in [6, 6.07) is -0.474. The van der Waals surface area contributed by atoms with Gasteiger partial charge in [-0.05, 0) is 33.1 Å². The lowest BCUT2D eigenvalue weighted by molar-refractivity contribution is -0.148. The van der Waals surface area contributed by atoms with Crippen molar-refractivity contribution in [1.82, 2.24) is 15.1 Å². The van der Waals surface area contributed by atoms with Gasteiger partial charge in [0.25, 0.3) is 0 Å². The first kappa shape index (κ1) is 14.6. The molecule has 0 unspecified atom stereocenters. The molecule has 0 radical (unpaired) electrons. The highest BCUT2D eigenvalue weighted by molar-refractivity contribution is 5.93. The van der Waals surface area contributed by atoms with Crippen LogP contribution < -0.4 is 5.32 Å². The molecular weight excluding hydrogens is 262 g/mol. The highest BCUT2D eigenvalue weighted by atomic mass is 16.4. The zero-order valence-electron chi connectivity index (χ0n) is 12.1. The monoisotopic (exact) mass is 283 g/mol. The van der Waals surface area contributed by atoms with E-state index in [1.165, 1.54) is 4.90 Å². The van der Waals surface area contributed by atoms with Gasteiger partial charge in [0.2, 0.25) is 5.91 Å². The summed E-state index contributed by atoms with van der Waals surface area (Å²) < 4.78 is 0. The fraction of sp³-hybridized carbons (Fsp3) is 0.769. The third-order valence-corrected chi connectivity index (χ3v) is 4.41. The summed E-state index contributed by atoms with van der Waals surface area (Å²) in [5.74, 6) is -1.15. The van der Waals surface area contributed by atoms with Gasteiger partial charge in [-0.25, -0.2) is 9.59 Å². The number of carboxylic acid groups (broad SMARTS) is 1. The molecule has 2 rings (SSSR count). The molecule has 1 saturated heterocycles. The number of nitrogens with one attached hydrogen (secondary N) is 1. The Morgan fingerprint density at radius 3 is 2.30 bits per heavy atom. The molecule has 7 heteroatoms. The third kappa shape index (κ3) is 2.10. The van der Waals surface area contributed by atoms with Gasteiger partial charge in [-0.15, -0.1) is 0 Å². The minimum Gasteiger partial charge on any atom is -0.480 e. The Morgan fingerprint density at radius 1 is 1.25 bits per heavy atom. The second-order valence-corrected chi connectivity index (χ2v) is 6.11. The number of hydrogen-bond acceptors (Lipinski definition) is 3. The van der Waals surface area contributed by atoms with Gasteiger partial charge in [0.05, 0.1) is 0 Å². The van der Waals surface area contributed by atoms with E-state index in [1.807, 2.05) is 0 Å². The van der Waals surface area contributed by atoms with Crippen molar-refractivity contribution in [3.8, 4) is 0 Å². The minimum atomic E-state index is -1.15. The molecule has 1 heterocycles. The SMILES string of the molecule is CN1CCN(C(=O)NC2(C(=O)O)CCC2)C(C)(C)C1=O.